The van der Waals surface area contributed by atoms with Crippen LogP contribution in [0.25, 0.3) is 0 Å². The molecule has 1 saturated heterocycles. The van der Waals surface area contributed by atoms with Crippen molar-refractivity contribution in [3.63, 3.8) is 0 Å². The number of aromatic nitrogens is 2. The Morgan fingerprint density at radius 3 is 3.09 bits per heavy atom. The third kappa shape index (κ3) is 3.60. The molecule has 1 amide bonds. The standard InChI is InChI=1S/C18H23N3O2/c1-2-7-15-12-16(20-23-15)17-9-4-3-5-11-21(17)18(22)14-8-6-10-19-13-14/h6,8,10,12-13,17H,2-5,7,9,11H2,1H3. The first kappa shape index (κ1) is 15.7. The fourth-order valence-electron chi connectivity index (χ4n) is 3.16. The van der Waals surface area contributed by atoms with Crippen molar-refractivity contribution in [3.8, 4) is 0 Å². The van der Waals surface area contributed by atoms with E-state index >= 15 is 0 Å². The molecule has 1 atom stereocenters. The van der Waals surface area contributed by atoms with E-state index < -0.39 is 0 Å². The summed E-state index contributed by atoms with van der Waals surface area (Å²) in [7, 11) is 0. The molecular formula is C18H23N3O2. The summed E-state index contributed by atoms with van der Waals surface area (Å²) in [4.78, 5) is 18.9. The van der Waals surface area contributed by atoms with Crippen molar-refractivity contribution in [3.05, 3.63) is 47.6 Å². The zero-order valence-electron chi connectivity index (χ0n) is 13.6. The minimum Gasteiger partial charge on any atom is -0.361 e. The Morgan fingerprint density at radius 2 is 2.30 bits per heavy atom. The number of pyridine rings is 1. The lowest BCUT2D eigenvalue weighted by molar-refractivity contribution is 0.0673. The Hall–Kier alpha value is -2.17. The molecule has 5 nitrogen and oxygen atoms in total. The molecule has 0 aromatic carbocycles. The highest BCUT2D eigenvalue weighted by Crippen LogP contribution is 2.31. The van der Waals surface area contributed by atoms with E-state index in [2.05, 4.69) is 17.1 Å². The summed E-state index contributed by atoms with van der Waals surface area (Å²) >= 11 is 0. The monoisotopic (exact) mass is 313 g/mol. The van der Waals surface area contributed by atoms with Crippen molar-refractivity contribution >= 4 is 5.91 Å². The lowest BCUT2D eigenvalue weighted by Gasteiger charge is -2.28. The second-order valence-electron chi connectivity index (χ2n) is 6.07. The molecule has 0 spiro atoms. The van der Waals surface area contributed by atoms with Crippen molar-refractivity contribution in [2.24, 2.45) is 0 Å². The number of amides is 1. The van der Waals surface area contributed by atoms with Crippen LogP contribution in [0.2, 0.25) is 0 Å². The van der Waals surface area contributed by atoms with Gasteiger partial charge in [-0.1, -0.05) is 24.9 Å². The Morgan fingerprint density at radius 1 is 1.39 bits per heavy atom. The first-order chi connectivity index (χ1) is 11.3. The lowest BCUT2D eigenvalue weighted by Crippen LogP contribution is -2.35. The highest BCUT2D eigenvalue weighted by molar-refractivity contribution is 5.94. The van der Waals surface area contributed by atoms with Gasteiger partial charge in [0.15, 0.2) is 0 Å². The molecule has 2 aromatic heterocycles. The number of likely N-dealkylation sites (tertiary alicyclic amines) is 1. The first-order valence-corrected chi connectivity index (χ1v) is 8.46. The molecule has 1 unspecified atom stereocenters. The van der Waals surface area contributed by atoms with Gasteiger partial charge in [-0.25, -0.2) is 0 Å². The van der Waals surface area contributed by atoms with Crippen LogP contribution in [0.4, 0.5) is 0 Å². The molecule has 122 valence electrons. The minimum atomic E-state index is -0.000405. The Balaban J connectivity index is 1.86. The number of rotatable bonds is 4. The average Bonchev–Trinajstić information content (AvgIpc) is 2.91. The van der Waals surface area contributed by atoms with Gasteiger partial charge in [0.25, 0.3) is 5.91 Å². The highest BCUT2D eigenvalue weighted by Gasteiger charge is 2.29. The van der Waals surface area contributed by atoms with Crippen molar-refractivity contribution < 1.29 is 9.32 Å². The second-order valence-corrected chi connectivity index (χ2v) is 6.07. The van der Waals surface area contributed by atoms with Gasteiger partial charge in [0.2, 0.25) is 0 Å². The maximum Gasteiger partial charge on any atom is 0.255 e. The van der Waals surface area contributed by atoms with Crippen molar-refractivity contribution in [1.29, 1.82) is 0 Å². The molecule has 0 bridgehead atoms. The molecule has 3 rings (SSSR count). The molecule has 0 saturated carbocycles. The summed E-state index contributed by atoms with van der Waals surface area (Å²) in [5.74, 6) is 0.936. The van der Waals surface area contributed by atoms with Crippen LogP contribution in [0, 0.1) is 0 Å². The number of nitrogens with zero attached hydrogens (tertiary/aromatic N) is 3. The van der Waals surface area contributed by atoms with Gasteiger partial charge in [-0.2, -0.15) is 0 Å². The van der Waals surface area contributed by atoms with Crippen molar-refractivity contribution in [2.75, 3.05) is 6.54 Å². The first-order valence-electron chi connectivity index (χ1n) is 8.46. The molecule has 23 heavy (non-hydrogen) atoms. The Bertz CT molecular complexity index is 639. The zero-order chi connectivity index (χ0) is 16.1. The van der Waals surface area contributed by atoms with Gasteiger partial charge in [0.05, 0.1) is 11.6 Å². The predicted molar refractivity (Wildman–Crippen MR) is 87.0 cm³/mol. The largest absolute Gasteiger partial charge is 0.361 e. The topological polar surface area (TPSA) is 59.2 Å². The Kier molecular flexibility index (Phi) is 5.05. The predicted octanol–water partition coefficient (Wildman–Crippen LogP) is 3.78. The molecular weight excluding hydrogens is 290 g/mol. The quantitative estimate of drug-likeness (QED) is 0.862. The lowest BCUT2D eigenvalue weighted by atomic mass is 10.0. The highest BCUT2D eigenvalue weighted by atomic mass is 16.5. The number of hydrogen-bond donors (Lipinski definition) is 0. The fourth-order valence-corrected chi connectivity index (χ4v) is 3.16. The van der Waals surface area contributed by atoms with Crippen LogP contribution in [0.5, 0.6) is 0 Å². The van der Waals surface area contributed by atoms with Crippen LogP contribution < -0.4 is 0 Å². The van der Waals surface area contributed by atoms with Gasteiger partial charge in [-0.05, 0) is 31.4 Å². The van der Waals surface area contributed by atoms with E-state index in [0.29, 0.717) is 5.56 Å². The van der Waals surface area contributed by atoms with E-state index in [4.69, 9.17) is 4.52 Å². The zero-order valence-corrected chi connectivity index (χ0v) is 13.6. The average molecular weight is 313 g/mol. The second kappa shape index (κ2) is 7.40. The van der Waals surface area contributed by atoms with E-state index in [9.17, 15) is 4.79 Å². The molecule has 5 heteroatoms. The number of hydrogen-bond acceptors (Lipinski definition) is 4. The molecule has 1 aliphatic heterocycles. The summed E-state index contributed by atoms with van der Waals surface area (Å²) in [5, 5.41) is 4.24. The summed E-state index contributed by atoms with van der Waals surface area (Å²) in [6, 6.07) is 5.64. The number of aryl methyl sites for hydroxylation is 1. The van der Waals surface area contributed by atoms with E-state index in [0.717, 1.165) is 56.5 Å². The van der Waals surface area contributed by atoms with Crippen LogP contribution >= 0.6 is 0 Å². The van der Waals surface area contributed by atoms with Crippen molar-refractivity contribution in [1.82, 2.24) is 15.0 Å². The Labute approximate surface area is 136 Å². The van der Waals surface area contributed by atoms with Crippen LogP contribution in [0.1, 0.15) is 66.9 Å². The minimum absolute atomic E-state index is 0.000405. The third-order valence-corrected chi connectivity index (χ3v) is 4.34. The van der Waals surface area contributed by atoms with Gasteiger partial charge >= 0.3 is 0 Å². The normalized spacial score (nSPS) is 18.7. The maximum atomic E-state index is 12.9. The van der Waals surface area contributed by atoms with Gasteiger partial charge in [-0.15, -0.1) is 0 Å². The SMILES string of the molecule is CCCc1cc(C2CCCCCN2C(=O)c2cccnc2)no1. The van der Waals surface area contributed by atoms with Crippen LogP contribution in [-0.2, 0) is 6.42 Å². The van der Waals surface area contributed by atoms with Crippen LogP contribution in [0.3, 0.4) is 0 Å². The summed E-state index contributed by atoms with van der Waals surface area (Å²) in [6.07, 6.45) is 9.45. The molecule has 3 heterocycles. The molecule has 1 aliphatic rings. The maximum absolute atomic E-state index is 12.9. The summed E-state index contributed by atoms with van der Waals surface area (Å²) < 4.78 is 5.43. The smallest absolute Gasteiger partial charge is 0.255 e. The van der Waals surface area contributed by atoms with Crippen molar-refractivity contribution in [2.45, 2.75) is 51.5 Å². The van der Waals surface area contributed by atoms with Crippen LogP contribution in [0.15, 0.2) is 35.1 Å². The van der Waals surface area contributed by atoms with Crippen LogP contribution in [-0.4, -0.2) is 27.5 Å². The molecule has 2 aromatic rings. The molecule has 1 fully saturated rings. The van der Waals surface area contributed by atoms with Gasteiger partial charge in [-0.3, -0.25) is 9.78 Å². The van der Waals surface area contributed by atoms with E-state index in [1.165, 1.54) is 0 Å². The van der Waals surface area contributed by atoms with Gasteiger partial charge in [0.1, 0.15) is 11.5 Å². The van der Waals surface area contributed by atoms with E-state index in [1.54, 1.807) is 18.5 Å². The molecule has 0 aliphatic carbocycles. The van der Waals surface area contributed by atoms with E-state index in [-0.39, 0.29) is 11.9 Å². The van der Waals surface area contributed by atoms with Gasteiger partial charge < -0.3 is 9.42 Å². The fraction of sp³-hybridized carbons (Fsp3) is 0.500. The van der Waals surface area contributed by atoms with Gasteiger partial charge in [0, 0.05) is 31.4 Å². The van der Waals surface area contributed by atoms with E-state index in [1.807, 2.05) is 17.0 Å². The molecule has 0 N–H and O–H groups in total. The third-order valence-electron chi connectivity index (χ3n) is 4.34. The summed E-state index contributed by atoms with van der Waals surface area (Å²) in [6.45, 7) is 2.88. The number of carbonyl (C=O) groups excluding carboxylic acids is 1. The number of carbonyl (C=O) groups is 1. The summed E-state index contributed by atoms with van der Waals surface area (Å²) in [5.41, 5.74) is 1.52. The molecule has 0 radical (unpaired) electrons.